The summed E-state index contributed by atoms with van der Waals surface area (Å²) in [4.78, 5) is 17.3. The minimum Gasteiger partial charge on any atom is -0.487 e. The third-order valence-electron chi connectivity index (χ3n) is 4.69. The van der Waals surface area contributed by atoms with Gasteiger partial charge >= 0.3 is 0 Å². The molecule has 0 aliphatic carbocycles. The molecular weight excluding hydrogens is 362 g/mol. The zero-order valence-corrected chi connectivity index (χ0v) is 16.8. The number of hydrogen-bond acceptors (Lipinski definition) is 3. The van der Waals surface area contributed by atoms with E-state index in [2.05, 4.69) is 16.4 Å². The smallest absolute Gasteiger partial charge is 0.255 e. The van der Waals surface area contributed by atoms with Crippen LogP contribution in [-0.4, -0.2) is 15.3 Å². The van der Waals surface area contributed by atoms with Gasteiger partial charge in [-0.3, -0.25) is 4.79 Å². The van der Waals surface area contributed by atoms with Gasteiger partial charge in [0, 0.05) is 23.6 Å². The largest absolute Gasteiger partial charge is 0.487 e. The Kier molecular flexibility index (Phi) is 5.04. The van der Waals surface area contributed by atoms with Gasteiger partial charge in [-0.25, -0.2) is 4.98 Å². The number of amides is 1. The second-order valence-electron chi connectivity index (χ2n) is 7.30. The fraction of sp³-hybridized carbons (Fsp3) is 0.167. The highest BCUT2D eigenvalue weighted by Crippen LogP contribution is 2.19. The molecule has 0 unspecified atom stereocenters. The molecule has 146 valence electrons. The van der Waals surface area contributed by atoms with E-state index in [0.29, 0.717) is 17.9 Å². The lowest BCUT2D eigenvalue weighted by atomic mass is 10.1. The lowest BCUT2D eigenvalue weighted by molar-refractivity contribution is 0.102. The molecule has 1 N–H and O–H groups in total. The first-order valence-corrected chi connectivity index (χ1v) is 9.54. The number of carbonyl (C=O) groups excluding carboxylic acids is 1. The Morgan fingerprint density at radius 3 is 2.59 bits per heavy atom. The number of aryl methyl sites for hydroxylation is 3. The summed E-state index contributed by atoms with van der Waals surface area (Å²) in [7, 11) is 0. The monoisotopic (exact) mass is 385 g/mol. The van der Waals surface area contributed by atoms with E-state index < -0.39 is 0 Å². The number of nitrogens with one attached hydrogen (secondary N) is 1. The summed E-state index contributed by atoms with van der Waals surface area (Å²) in [6.07, 6.45) is 3.93. The third-order valence-corrected chi connectivity index (χ3v) is 4.69. The van der Waals surface area contributed by atoms with Crippen molar-refractivity contribution in [3.8, 4) is 5.75 Å². The van der Waals surface area contributed by atoms with Gasteiger partial charge in [0.2, 0.25) is 0 Å². The molecule has 0 aliphatic heterocycles. The minimum absolute atomic E-state index is 0.163. The molecule has 2 aromatic heterocycles. The molecule has 2 heterocycles. The molecule has 4 rings (SSSR count). The second-order valence-corrected chi connectivity index (χ2v) is 7.30. The number of pyridine rings is 1. The van der Waals surface area contributed by atoms with Crippen molar-refractivity contribution in [2.24, 2.45) is 0 Å². The van der Waals surface area contributed by atoms with E-state index in [0.717, 1.165) is 33.7 Å². The van der Waals surface area contributed by atoms with Crippen LogP contribution in [-0.2, 0) is 6.61 Å². The van der Waals surface area contributed by atoms with Crippen LogP contribution >= 0.6 is 0 Å². The summed E-state index contributed by atoms with van der Waals surface area (Å²) in [6.45, 7) is 6.39. The highest BCUT2D eigenvalue weighted by molar-refractivity contribution is 6.04. The Morgan fingerprint density at radius 1 is 1.03 bits per heavy atom. The van der Waals surface area contributed by atoms with Gasteiger partial charge in [-0.05, 0) is 73.9 Å². The summed E-state index contributed by atoms with van der Waals surface area (Å²) < 4.78 is 7.87. The number of ether oxygens (including phenoxy) is 1. The lowest BCUT2D eigenvalue weighted by Crippen LogP contribution is -2.12. The summed E-state index contributed by atoms with van der Waals surface area (Å²) in [5, 5.41) is 2.95. The van der Waals surface area contributed by atoms with Crippen LogP contribution in [0.15, 0.2) is 67.0 Å². The average molecular weight is 385 g/mol. The van der Waals surface area contributed by atoms with Gasteiger partial charge in [0.25, 0.3) is 5.91 Å². The van der Waals surface area contributed by atoms with Gasteiger partial charge in [0.15, 0.2) is 0 Å². The van der Waals surface area contributed by atoms with Crippen molar-refractivity contribution in [1.82, 2.24) is 9.38 Å². The van der Waals surface area contributed by atoms with Gasteiger partial charge in [-0.15, -0.1) is 0 Å². The van der Waals surface area contributed by atoms with Crippen molar-refractivity contribution in [1.29, 1.82) is 0 Å². The summed E-state index contributed by atoms with van der Waals surface area (Å²) >= 11 is 0. The van der Waals surface area contributed by atoms with E-state index in [4.69, 9.17) is 4.74 Å². The number of carbonyl (C=O) groups is 1. The van der Waals surface area contributed by atoms with Crippen molar-refractivity contribution in [2.75, 3.05) is 5.32 Å². The maximum absolute atomic E-state index is 12.6. The number of anilines is 1. The summed E-state index contributed by atoms with van der Waals surface area (Å²) in [5.41, 5.74) is 6.44. The Balaban J connectivity index is 1.46. The van der Waals surface area contributed by atoms with E-state index >= 15 is 0 Å². The van der Waals surface area contributed by atoms with Crippen molar-refractivity contribution in [3.05, 3.63) is 94.9 Å². The van der Waals surface area contributed by atoms with Gasteiger partial charge in [-0.2, -0.15) is 0 Å². The zero-order chi connectivity index (χ0) is 20.4. The SMILES string of the molecule is Cc1cc(C)cc(NC(=O)c2cccc(OCc3cn4cccc(C)c4n3)c2)c1. The highest BCUT2D eigenvalue weighted by Gasteiger charge is 2.09. The topological polar surface area (TPSA) is 55.6 Å². The van der Waals surface area contributed by atoms with Crippen LogP contribution < -0.4 is 10.1 Å². The number of hydrogen-bond donors (Lipinski definition) is 1. The van der Waals surface area contributed by atoms with E-state index in [1.165, 1.54) is 0 Å². The third kappa shape index (κ3) is 4.29. The average Bonchev–Trinajstić information content (AvgIpc) is 3.10. The molecule has 0 radical (unpaired) electrons. The number of aromatic nitrogens is 2. The zero-order valence-electron chi connectivity index (χ0n) is 16.8. The molecular formula is C24H23N3O2. The standard InChI is InChI=1S/C24H23N3O2/c1-16-10-17(2)12-20(11-16)26-24(28)19-7-4-8-22(13-19)29-15-21-14-27-9-5-6-18(3)23(27)25-21/h4-14H,15H2,1-3H3,(H,26,28). The van der Waals surface area contributed by atoms with Crippen LogP contribution in [0, 0.1) is 20.8 Å². The van der Waals surface area contributed by atoms with Crippen molar-refractivity contribution < 1.29 is 9.53 Å². The minimum atomic E-state index is -0.163. The van der Waals surface area contributed by atoms with Gasteiger partial charge in [0.05, 0.1) is 5.69 Å². The van der Waals surface area contributed by atoms with Gasteiger partial charge in [0.1, 0.15) is 18.0 Å². The fourth-order valence-corrected chi connectivity index (χ4v) is 3.41. The lowest BCUT2D eigenvalue weighted by Gasteiger charge is -2.09. The fourth-order valence-electron chi connectivity index (χ4n) is 3.41. The Labute approximate surface area is 170 Å². The van der Waals surface area contributed by atoms with Crippen LogP contribution in [0.2, 0.25) is 0 Å². The van der Waals surface area contributed by atoms with Crippen LogP contribution in [0.4, 0.5) is 5.69 Å². The molecule has 5 heteroatoms. The van der Waals surface area contributed by atoms with Crippen LogP contribution in [0.5, 0.6) is 5.75 Å². The molecule has 0 aliphatic rings. The van der Waals surface area contributed by atoms with Crippen molar-refractivity contribution in [2.45, 2.75) is 27.4 Å². The highest BCUT2D eigenvalue weighted by atomic mass is 16.5. The molecule has 0 saturated heterocycles. The molecule has 1 amide bonds. The van der Waals surface area contributed by atoms with E-state index in [1.807, 2.05) is 74.0 Å². The molecule has 0 atom stereocenters. The molecule has 4 aromatic rings. The van der Waals surface area contributed by atoms with E-state index in [1.54, 1.807) is 12.1 Å². The Hall–Kier alpha value is -3.60. The molecule has 0 bridgehead atoms. The first kappa shape index (κ1) is 18.7. The molecule has 5 nitrogen and oxygen atoms in total. The second kappa shape index (κ2) is 7.80. The molecule has 2 aromatic carbocycles. The van der Waals surface area contributed by atoms with Gasteiger partial charge < -0.3 is 14.5 Å². The van der Waals surface area contributed by atoms with Crippen LogP contribution in [0.1, 0.15) is 32.7 Å². The van der Waals surface area contributed by atoms with Crippen LogP contribution in [0.25, 0.3) is 5.65 Å². The van der Waals surface area contributed by atoms with Gasteiger partial charge in [-0.1, -0.05) is 18.2 Å². The number of benzene rings is 2. The number of rotatable bonds is 5. The maximum Gasteiger partial charge on any atom is 0.255 e. The molecule has 0 spiro atoms. The predicted molar refractivity (Wildman–Crippen MR) is 115 cm³/mol. The van der Waals surface area contributed by atoms with E-state index in [-0.39, 0.29) is 5.91 Å². The van der Waals surface area contributed by atoms with Crippen molar-refractivity contribution >= 4 is 17.2 Å². The normalized spacial score (nSPS) is 10.9. The first-order chi connectivity index (χ1) is 14.0. The van der Waals surface area contributed by atoms with Crippen molar-refractivity contribution in [3.63, 3.8) is 0 Å². The quantitative estimate of drug-likeness (QED) is 0.520. The first-order valence-electron chi connectivity index (χ1n) is 9.54. The Morgan fingerprint density at radius 2 is 1.83 bits per heavy atom. The summed E-state index contributed by atoms with van der Waals surface area (Å²) in [6, 6.07) is 17.2. The molecule has 0 saturated carbocycles. The maximum atomic E-state index is 12.6. The molecule has 29 heavy (non-hydrogen) atoms. The number of nitrogens with zero attached hydrogens (tertiary/aromatic N) is 2. The molecule has 0 fully saturated rings. The number of imidazole rings is 1. The van der Waals surface area contributed by atoms with Crippen LogP contribution in [0.3, 0.4) is 0 Å². The van der Waals surface area contributed by atoms with E-state index in [9.17, 15) is 4.79 Å². The Bertz CT molecular complexity index is 1170. The summed E-state index contributed by atoms with van der Waals surface area (Å²) in [5.74, 6) is 0.468. The number of fused-ring (bicyclic) bond motifs is 1. The predicted octanol–water partition coefficient (Wildman–Crippen LogP) is 5.09.